The molecule has 4 aliphatic carbocycles. The molecule has 2 saturated carbocycles. The van der Waals surface area contributed by atoms with Gasteiger partial charge in [-0.25, -0.2) is 0 Å². The van der Waals surface area contributed by atoms with E-state index in [0.29, 0.717) is 17.4 Å². The van der Waals surface area contributed by atoms with E-state index in [0.717, 1.165) is 22.4 Å². The van der Waals surface area contributed by atoms with Crippen LogP contribution in [0, 0.1) is 35.5 Å². The number of allylic oxidation sites excluding steroid dienone is 2. The van der Waals surface area contributed by atoms with E-state index in [1.807, 2.05) is 42.5 Å². The molecule has 1 aliphatic heterocycles. The molecule has 2 amide bonds. The van der Waals surface area contributed by atoms with Crippen LogP contribution in [0.2, 0.25) is 0 Å². The van der Waals surface area contributed by atoms with E-state index in [1.165, 1.54) is 0 Å². The van der Waals surface area contributed by atoms with E-state index >= 15 is 0 Å². The fraction of sp³-hybridized carbons (Fsp3) is 0.333. The van der Waals surface area contributed by atoms with Crippen LogP contribution in [0.5, 0.6) is 0 Å². The average Bonchev–Trinajstić information content (AvgIpc) is 3.64. The summed E-state index contributed by atoms with van der Waals surface area (Å²) in [5.74, 6) is -1.04. The Morgan fingerprint density at radius 1 is 0.818 bits per heavy atom. The van der Waals surface area contributed by atoms with Crippen LogP contribution in [-0.2, 0) is 19.1 Å². The molecule has 6 atom stereocenters. The molecule has 0 radical (unpaired) electrons. The molecular weight excluding hydrogens is 418 g/mol. The Kier molecular flexibility index (Phi) is 4.57. The van der Waals surface area contributed by atoms with Gasteiger partial charge in [-0.2, -0.15) is 0 Å². The van der Waals surface area contributed by atoms with Crippen molar-refractivity contribution in [3.8, 4) is 11.1 Å². The number of esters is 1. The summed E-state index contributed by atoms with van der Waals surface area (Å²) in [4.78, 5) is 51.8. The molecule has 33 heavy (non-hydrogen) atoms. The van der Waals surface area contributed by atoms with Gasteiger partial charge in [0.1, 0.15) is 6.54 Å². The lowest BCUT2D eigenvalue weighted by molar-refractivity contribution is -0.152. The molecule has 7 rings (SSSR count). The lowest BCUT2D eigenvalue weighted by Gasteiger charge is -2.37. The average molecular weight is 441 g/mol. The second-order valence-corrected chi connectivity index (χ2v) is 9.44. The van der Waals surface area contributed by atoms with Crippen molar-refractivity contribution < 1.29 is 23.9 Å². The van der Waals surface area contributed by atoms with Crippen molar-refractivity contribution in [3.63, 3.8) is 0 Å². The summed E-state index contributed by atoms with van der Waals surface area (Å²) < 4.78 is 5.13. The van der Waals surface area contributed by atoms with E-state index in [4.69, 9.17) is 4.74 Å². The van der Waals surface area contributed by atoms with E-state index in [2.05, 4.69) is 12.2 Å². The number of benzene rings is 2. The molecule has 6 nitrogen and oxygen atoms in total. The Morgan fingerprint density at radius 3 is 2.00 bits per heavy atom. The van der Waals surface area contributed by atoms with Crippen molar-refractivity contribution in [2.45, 2.75) is 6.42 Å². The topological polar surface area (TPSA) is 80.8 Å². The van der Waals surface area contributed by atoms with Gasteiger partial charge in [-0.15, -0.1) is 0 Å². The third kappa shape index (κ3) is 3.24. The minimum atomic E-state index is -0.741. The van der Waals surface area contributed by atoms with Gasteiger partial charge >= 0.3 is 5.97 Å². The summed E-state index contributed by atoms with van der Waals surface area (Å²) in [5.41, 5.74) is 2.46. The zero-order chi connectivity index (χ0) is 22.7. The van der Waals surface area contributed by atoms with E-state index < -0.39 is 19.1 Å². The Balaban J connectivity index is 1.06. The molecule has 0 spiro atoms. The zero-order valence-electron chi connectivity index (χ0n) is 17.9. The van der Waals surface area contributed by atoms with Crippen molar-refractivity contribution in [2.24, 2.45) is 35.5 Å². The Bertz CT molecular complexity index is 1150. The van der Waals surface area contributed by atoms with Gasteiger partial charge in [0.15, 0.2) is 12.4 Å². The third-order valence-electron chi connectivity index (χ3n) is 7.72. The molecule has 0 aromatic heterocycles. The van der Waals surface area contributed by atoms with Crippen LogP contribution in [0.1, 0.15) is 16.8 Å². The van der Waals surface area contributed by atoms with Gasteiger partial charge in [-0.05, 0) is 41.2 Å². The van der Waals surface area contributed by atoms with Crippen LogP contribution in [-0.4, -0.2) is 41.6 Å². The number of likely N-dealkylation sites (tertiary alicyclic amines) is 1. The van der Waals surface area contributed by atoms with Crippen molar-refractivity contribution in [3.05, 3.63) is 72.3 Å². The first-order chi connectivity index (χ1) is 16.0. The smallest absolute Gasteiger partial charge is 0.326 e. The van der Waals surface area contributed by atoms with Gasteiger partial charge in [0.2, 0.25) is 11.8 Å². The first kappa shape index (κ1) is 20.1. The number of rotatable bonds is 6. The highest BCUT2D eigenvalue weighted by Crippen LogP contribution is 2.65. The van der Waals surface area contributed by atoms with Crippen molar-refractivity contribution in [1.29, 1.82) is 0 Å². The standard InChI is InChI=1S/C27H23NO5/c29-22(17-8-6-16(7-9-17)15-4-2-1-3-5-15)14-33-23(30)13-28-26(31)24-18-10-11-19(21-12-20(18)21)25(24)27(28)32/h1-11,18-21,24-25H,12-14H2. The highest BCUT2D eigenvalue weighted by atomic mass is 16.5. The van der Waals surface area contributed by atoms with Crippen molar-refractivity contribution in [1.82, 2.24) is 4.90 Å². The molecule has 6 heteroatoms. The second kappa shape index (κ2) is 7.51. The molecule has 0 N–H and O–H groups in total. The molecular formula is C27H23NO5. The highest BCUT2D eigenvalue weighted by molar-refractivity contribution is 6.08. The summed E-state index contributed by atoms with van der Waals surface area (Å²) in [6, 6.07) is 16.9. The number of hydrogen-bond acceptors (Lipinski definition) is 5. The van der Waals surface area contributed by atoms with Crippen LogP contribution >= 0.6 is 0 Å². The van der Waals surface area contributed by atoms with Crippen molar-refractivity contribution >= 4 is 23.6 Å². The summed E-state index contributed by atoms with van der Waals surface area (Å²) in [6.45, 7) is -0.858. The van der Waals surface area contributed by atoms with Crippen LogP contribution in [0.25, 0.3) is 11.1 Å². The monoisotopic (exact) mass is 441 g/mol. The Hall–Kier alpha value is -3.54. The summed E-state index contributed by atoms with van der Waals surface area (Å²) >= 11 is 0. The summed E-state index contributed by atoms with van der Waals surface area (Å²) in [6.07, 6.45) is 5.27. The second-order valence-electron chi connectivity index (χ2n) is 9.44. The first-order valence-corrected chi connectivity index (χ1v) is 11.4. The first-order valence-electron chi connectivity index (χ1n) is 11.4. The van der Waals surface area contributed by atoms with Crippen molar-refractivity contribution in [2.75, 3.05) is 13.2 Å². The zero-order valence-corrected chi connectivity index (χ0v) is 17.9. The van der Waals surface area contributed by atoms with Crippen LogP contribution in [0.15, 0.2) is 66.7 Å². The molecule has 1 heterocycles. The van der Waals surface area contributed by atoms with E-state index in [1.54, 1.807) is 12.1 Å². The van der Waals surface area contributed by atoms with Gasteiger partial charge in [-0.1, -0.05) is 66.7 Å². The Labute approximate surface area is 191 Å². The lowest BCUT2D eigenvalue weighted by atomic mass is 9.63. The predicted molar refractivity (Wildman–Crippen MR) is 119 cm³/mol. The normalized spacial score (nSPS) is 30.7. The summed E-state index contributed by atoms with van der Waals surface area (Å²) in [7, 11) is 0. The molecule has 2 aromatic rings. The number of hydrogen-bond donors (Lipinski definition) is 0. The lowest BCUT2D eigenvalue weighted by Crippen LogP contribution is -2.40. The molecule has 2 aromatic carbocycles. The SMILES string of the molecule is O=C(CN1C(=O)C2C3C=CC(C4CC34)C2C1=O)OCC(=O)c1ccc(-c2ccccc2)cc1. The minimum absolute atomic E-state index is 0.114. The van der Waals surface area contributed by atoms with Crippen LogP contribution in [0.4, 0.5) is 0 Å². The minimum Gasteiger partial charge on any atom is -0.456 e. The number of ketones is 1. The number of carbonyl (C=O) groups is 4. The number of Topliss-reactive ketones (excluding diaryl/α,β-unsaturated/α-hetero) is 1. The largest absolute Gasteiger partial charge is 0.456 e. The van der Waals surface area contributed by atoms with Gasteiger partial charge in [-0.3, -0.25) is 24.1 Å². The molecule has 6 unspecified atom stereocenters. The number of nitrogens with zero attached hydrogens (tertiary/aromatic N) is 1. The Morgan fingerprint density at radius 2 is 1.39 bits per heavy atom. The molecule has 5 aliphatic rings. The maximum atomic E-state index is 12.9. The van der Waals surface area contributed by atoms with E-state index in [-0.39, 0.29) is 41.3 Å². The third-order valence-corrected chi connectivity index (χ3v) is 7.72. The van der Waals surface area contributed by atoms with Crippen LogP contribution in [0.3, 0.4) is 0 Å². The molecule has 2 bridgehead atoms. The van der Waals surface area contributed by atoms with Gasteiger partial charge in [0.25, 0.3) is 0 Å². The molecule has 1 saturated heterocycles. The predicted octanol–water partition coefficient (Wildman–Crippen LogP) is 3.13. The van der Waals surface area contributed by atoms with Gasteiger partial charge < -0.3 is 4.74 Å². The van der Waals surface area contributed by atoms with Gasteiger partial charge in [0.05, 0.1) is 11.8 Å². The quantitative estimate of drug-likeness (QED) is 0.298. The van der Waals surface area contributed by atoms with E-state index in [9.17, 15) is 19.2 Å². The number of imide groups is 1. The number of ether oxygens (including phenoxy) is 1. The molecule has 166 valence electrons. The summed E-state index contributed by atoms with van der Waals surface area (Å²) in [5, 5.41) is 0. The van der Waals surface area contributed by atoms with Gasteiger partial charge in [0, 0.05) is 5.56 Å². The fourth-order valence-corrected chi connectivity index (χ4v) is 6.06. The molecule has 3 fully saturated rings. The fourth-order valence-electron chi connectivity index (χ4n) is 6.06. The van der Waals surface area contributed by atoms with Crippen LogP contribution < -0.4 is 0 Å². The maximum Gasteiger partial charge on any atom is 0.326 e. The highest BCUT2D eigenvalue weighted by Gasteiger charge is 2.67. The number of carbonyl (C=O) groups excluding carboxylic acids is 4. The maximum absolute atomic E-state index is 12.9. The number of amides is 2.